The number of rotatable bonds is 3. The number of guanidine groups is 1. The fourth-order valence-electron chi connectivity index (χ4n) is 1.48. The highest BCUT2D eigenvalue weighted by Crippen LogP contribution is 2.06. The van der Waals surface area contributed by atoms with Crippen LogP contribution in [0.25, 0.3) is 0 Å². The molecule has 5 heteroatoms. The largest absolute Gasteiger partial charge is 0.481 e. The average molecular weight is 220 g/mol. The van der Waals surface area contributed by atoms with Gasteiger partial charge in [-0.05, 0) is 12.5 Å². The number of ether oxygens (including phenoxy) is 1. The van der Waals surface area contributed by atoms with E-state index in [1.165, 1.54) is 0 Å². The number of nitrogens with zero attached hydrogens (tertiary/aromatic N) is 2. The standard InChI is InChI=1S/C11H16N4O/c1-8-5-13-11(15-8)14-7-9-3-4-10(16-2)12-6-9/h3-4,6,8H,5,7H2,1-2H3,(H2,13,14,15). The molecule has 1 atom stereocenters. The third kappa shape index (κ3) is 2.62. The molecule has 0 saturated carbocycles. The van der Waals surface area contributed by atoms with Crippen LogP contribution in [0.1, 0.15) is 12.5 Å². The van der Waals surface area contributed by atoms with Crippen molar-refractivity contribution in [2.75, 3.05) is 13.7 Å². The summed E-state index contributed by atoms with van der Waals surface area (Å²) in [6.45, 7) is 3.66. The van der Waals surface area contributed by atoms with Crippen molar-refractivity contribution in [3.8, 4) is 5.88 Å². The Hall–Kier alpha value is -1.78. The monoisotopic (exact) mass is 220 g/mol. The molecule has 0 aliphatic carbocycles. The number of methoxy groups -OCH3 is 1. The maximum absolute atomic E-state index is 4.99. The highest BCUT2D eigenvalue weighted by molar-refractivity contribution is 5.81. The Morgan fingerprint density at radius 2 is 2.44 bits per heavy atom. The van der Waals surface area contributed by atoms with Crippen molar-refractivity contribution < 1.29 is 4.74 Å². The average Bonchev–Trinajstić information content (AvgIpc) is 2.73. The maximum atomic E-state index is 4.99. The molecule has 0 spiro atoms. The molecule has 1 unspecified atom stereocenters. The van der Waals surface area contributed by atoms with Gasteiger partial charge in [0, 0.05) is 24.8 Å². The normalized spacial score (nSPS) is 18.9. The van der Waals surface area contributed by atoms with Gasteiger partial charge in [0.15, 0.2) is 5.96 Å². The number of aromatic nitrogens is 1. The van der Waals surface area contributed by atoms with Gasteiger partial charge in [0.1, 0.15) is 0 Å². The van der Waals surface area contributed by atoms with Crippen LogP contribution in [0.4, 0.5) is 0 Å². The van der Waals surface area contributed by atoms with E-state index < -0.39 is 0 Å². The quantitative estimate of drug-likeness (QED) is 0.780. The summed E-state index contributed by atoms with van der Waals surface area (Å²) < 4.78 is 4.99. The van der Waals surface area contributed by atoms with Crippen molar-refractivity contribution in [2.24, 2.45) is 4.99 Å². The predicted molar refractivity (Wildman–Crippen MR) is 62.5 cm³/mol. The molecule has 0 saturated heterocycles. The molecule has 0 amide bonds. The summed E-state index contributed by atoms with van der Waals surface area (Å²) in [7, 11) is 1.61. The molecular weight excluding hydrogens is 204 g/mol. The second-order valence-electron chi connectivity index (χ2n) is 3.80. The molecule has 0 radical (unpaired) electrons. The summed E-state index contributed by atoms with van der Waals surface area (Å²) in [6, 6.07) is 4.26. The molecule has 0 bridgehead atoms. The predicted octanol–water partition coefficient (Wildman–Crippen LogP) is 0.527. The van der Waals surface area contributed by atoms with Crippen LogP contribution in [-0.4, -0.2) is 30.6 Å². The number of nitrogens with one attached hydrogen (secondary N) is 2. The molecule has 1 aromatic rings. The van der Waals surface area contributed by atoms with Crippen LogP contribution in [0.5, 0.6) is 5.88 Å². The minimum Gasteiger partial charge on any atom is -0.481 e. The summed E-state index contributed by atoms with van der Waals surface area (Å²) in [6.07, 6.45) is 1.80. The van der Waals surface area contributed by atoms with Crippen molar-refractivity contribution in [1.82, 2.24) is 15.6 Å². The highest BCUT2D eigenvalue weighted by atomic mass is 16.5. The SMILES string of the molecule is COc1ccc(CNC2=NCC(C)N2)cn1. The van der Waals surface area contributed by atoms with Crippen LogP contribution in [0.2, 0.25) is 0 Å². The molecule has 1 aliphatic rings. The zero-order chi connectivity index (χ0) is 11.4. The summed E-state index contributed by atoms with van der Waals surface area (Å²) in [4.78, 5) is 8.45. The van der Waals surface area contributed by atoms with Gasteiger partial charge in [-0.15, -0.1) is 0 Å². The van der Waals surface area contributed by atoms with E-state index in [4.69, 9.17) is 4.74 Å². The minimum atomic E-state index is 0.427. The van der Waals surface area contributed by atoms with Gasteiger partial charge < -0.3 is 15.4 Å². The van der Waals surface area contributed by atoms with Gasteiger partial charge in [0.2, 0.25) is 5.88 Å². The lowest BCUT2D eigenvalue weighted by atomic mass is 10.3. The maximum Gasteiger partial charge on any atom is 0.212 e. The third-order valence-electron chi connectivity index (χ3n) is 2.37. The Labute approximate surface area is 94.9 Å². The second-order valence-corrected chi connectivity index (χ2v) is 3.80. The molecule has 1 aromatic heterocycles. The van der Waals surface area contributed by atoms with Crippen molar-refractivity contribution >= 4 is 5.96 Å². The van der Waals surface area contributed by atoms with Gasteiger partial charge in [0.25, 0.3) is 0 Å². The number of pyridine rings is 1. The second kappa shape index (κ2) is 4.83. The van der Waals surface area contributed by atoms with E-state index in [9.17, 15) is 0 Å². The molecule has 2 heterocycles. The molecule has 16 heavy (non-hydrogen) atoms. The van der Waals surface area contributed by atoms with Gasteiger partial charge in [0.05, 0.1) is 13.7 Å². The lowest BCUT2D eigenvalue weighted by molar-refractivity contribution is 0.397. The van der Waals surface area contributed by atoms with Crippen LogP contribution in [0, 0.1) is 0 Å². The van der Waals surface area contributed by atoms with Gasteiger partial charge >= 0.3 is 0 Å². The van der Waals surface area contributed by atoms with Crippen LogP contribution in [0.3, 0.4) is 0 Å². The fourth-order valence-corrected chi connectivity index (χ4v) is 1.48. The first-order valence-corrected chi connectivity index (χ1v) is 5.31. The Morgan fingerprint density at radius 1 is 1.56 bits per heavy atom. The summed E-state index contributed by atoms with van der Waals surface area (Å²) in [5.41, 5.74) is 1.10. The Bertz CT molecular complexity index is 374. The molecule has 2 rings (SSSR count). The number of hydrogen-bond donors (Lipinski definition) is 2. The first-order valence-electron chi connectivity index (χ1n) is 5.31. The fraction of sp³-hybridized carbons (Fsp3) is 0.455. The van der Waals surface area contributed by atoms with Gasteiger partial charge in [-0.1, -0.05) is 6.07 Å². The molecule has 5 nitrogen and oxygen atoms in total. The Kier molecular flexibility index (Phi) is 3.24. The summed E-state index contributed by atoms with van der Waals surface area (Å²) in [5, 5.41) is 6.46. The van der Waals surface area contributed by atoms with E-state index in [2.05, 4.69) is 27.5 Å². The van der Waals surface area contributed by atoms with Crippen LogP contribution in [0.15, 0.2) is 23.3 Å². The van der Waals surface area contributed by atoms with E-state index in [1.807, 2.05) is 12.1 Å². The molecular formula is C11H16N4O. The summed E-state index contributed by atoms with van der Waals surface area (Å²) >= 11 is 0. The van der Waals surface area contributed by atoms with E-state index in [0.717, 1.165) is 24.6 Å². The minimum absolute atomic E-state index is 0.427. The molecule has 0 aromatic carbocycles. The summed E-state index contributed by atoms with van der Waals surface area (Å²) in [5.74, 6) is 1.50. The van der Waals surface area contributed by atoms with Crippen LogP contribution >= 0.6 is 0 Å². The smallest absolute Gasteiger partial charge is 0.212 e. The van der Waals surface area contributed by atoms with Gasteiger partial charge in [-0.25, -0.2) is 4.98 Å². The Morgan fingerprint density at radius 3 is 3.00 bits per heavy atom. The van der Waals surface area contributed by atoms with Gasteiger partial charge in [-0.2, -0.15) is 0 Å². The lowest BCUT2D eigenvalue weighted by Gasteiger charge is -2.08. The van der Waals surface area contributed by atoms with E-state index in [1.54, 1.807) is 13.3 Å². The first-order chi connectivity index (χ1) is 7.78. The topological polar surface area (TPSA) is 58.5 Å². The highest BCUT2D eigenvalue weighted by Gasteiger charge is 2.11. The Balaban J connectivity index is 1.85. The van der Waals surface area contributed by atoms with Crippen molar-refractivity contribution in [1.29, 1.82) is 0 Å². The molecule has 86 valence electrons. The molecule has 2 N–H and O–H groups in total. The van der Waals surface area contributed by atoms with Crippen molar-refractivity contribution in [3.63, 3.8) is 0 Å². The van der Waals surface area contributed by atoms with Gasteiger partial charge in [-0.3, -0.25) is 4.99 Å². The first kappa shape index (κ1) is 10.7. The van der Waals surface area contributed by atoms with Crippen LogP contribution in [-0.2, 0) is 6.54 Å². The van der Waals surface area contributed by atoms with E-state index >= 15 is 0 Å². The van der Waals surface area contributed by atoms with E-state index in [-0.39, 0.29) is 0 Å². The number of hydrogen-bond acceptors (Lipinski definition) is 5. The zero-order valence-corrected chi connectivity index (χ0v) is 9.53. The van der Waals surface area contributed by atoms with Crippen molar-refractivity contribution in [3.05, 3.63) is 23.9 Å². The zero-order valence-electron chi connectivity index (χ0n) is 9.53. The van der Waals surface area contributed by atoms with E-state index in [0.29, 0.717) is 11.9 Å². The number of aliphatic imine (C=N–C) groups is 1. The molecule has 1 aliphatic heterocycles. The van der Waals surface area contributed by atoms with Crippen LogP contribution < -0.4 is 15.4 Å². The lowest BCUT2D eigenvalue weighted by Crippen LogP contribution is -2.37. The third-order valence-corrected chi connectivity index (χ3v) is 2.37. The van der Waals surface area contributed by atoms with Crippen molar-refractivity contribution in [2.45, 2.75) is 19.5 Å². The molecule has 0 fully saturated rings.